The molecule has 0 saturated heterocycles. The van der Waals surface area contributed by atoms with Crippen LogP contribution in [0.25, 0.3) is 11.3 Å². The molecule has 1 aromatic carbocycles. The molecule has 0 fully saturated rings. The Balaban J connectivity index is 2.04. The van der Waals surface area contributed by atoms with Crippen LogP contribution < -0.4 is 10.3 Å². The van der Waals surface area contributed by atoms with E-state index in [1.807, 2.05) is 25.1 Å². The molecule has 0 bridgehead atoms. The lowest BCUT2D eigenvalue weighted by atomic mass is 10.1. The summed E-state index contributed by atoms with van der Waals surface area (Å²) in [5, 5.41) is 9.40. The summed E-state index contributed by atoms with van der Waals surface area (Å²) in [5.41, 5.74) is 3.56. The number of aromatic nitrogens is 3. The van der Waals surface area contributed by atoms with E-state index in [9.17, 15) is 10.1 Å². The number of nitrogens with zero attached hydrogens (tertiary/aromatic N) is 4. The van der Waals surface area contributed by atoms with E-state index in [1.165, 1.54) is 10.6 Å². The van der Waals surface area contributed by atoms with Gasteiger partial charge in [0.2, 0.25) is 5.56 Å². The van der Waals surface area contributed by atoms with Crippen LogP contribution in [0.15, 0.2) is 47.4 Å². The van der Waals surface area contributed by atoms with Gasteiger partial charge in [-0.1, -0.05) is 31.9 Å². The molecule has 0 aliphatic heterocycles. The minimum atomic E-state index is -0.0824. The molecule has 3 aromatic rings. The summed E-state index contributed by atoms with van der Waals surface area (Å²) in [6.07, 6.45) is 5.82. The highest BCUT2D eigenvalue weighted by Gasteiger charge is 2.13. The molecule has 6 nitrogen and oxygen atoms in total. The van der Waals surface area contributed by atoms with Gasteiger partial charge < -0.3 is 9.30 Å². The van der Waals surface area contributed by atoms with Crippen molar-refractivity contribution in [3.63, 3.8) is 0 Å². The summed E-state index contributed by atoms with van der Waals surface area (Å²) >= 11 is 0. The average molecular weight is 388 g/mol. The van der Waals surface area contributed by atoms with Gasteiger partial charge in [-0.05, 0) is 43.5 Å². The second-order valence-electron chi connectivity index (χ2n) is 7.02. The van der Waals surface area contributed by atoms with Gasteiger partial charge in [-0.3, -0.25) is 4.79 Å². The van der Waals surface area contributed by atoms with E-state index in [2.05, 4.69) is 23.0 Å². The Kier molecular flexibility index (Phi) is 6.40. The predicted molar refractivity (Wildman–Crippen MR) is 112 cm³/mol. The molecule has 0 unspecified atom stereocenters. The van der Waals surface area contributed by atoms with Crippen molar-refractivity contribution in [1.29, 1.82) is 5.26 Å². The van der Waals surface area contributed by atoms with Crippen LogP contribution in [0, 0.1) is 18.3 Å². The van der Waals surface area contributed by atoms with Crippen LogP contribution in [0.2, 0.25) is 0 Å². The van der Waals surface area contributed by atoms with E-state index < -0.39 is 0 Å². The summed E-state index contributed by atoms with van der Waals surface area (Å²) in [6.45, 7) is 4.04. The third-order valence-electron chi connectivity index (χ3n) is 4.70. The molecule has 2 heterocycles. The van der Waals surface area contributed by atoms with Crippen molar-refractivity contribution in [1.82, 2.24) is 14.5 Å². The third-order valence-corrected chi connectivity index (χ3v) is 4.70. The van der Waals surface area contributed by atoms with Gasteiger partial charge in [0, 0.05) is 30.6 Å². The molecule has 0 saturated carbocycles. The number of unbranched alkanes of at least 4 members (excludes halogenated alkanes) is 2. The van der Waals surface area contributed by atoms with E-state index in [-0.39, 0.29) is 11.6 Å². The molecule has 3 rings (SSSR count). The van der Waals surface area contributed by atoms with Crippen molar-refractivity contribution < 1.29 is 4.74 Å². The Labute approximate surface area is 170 Å². The first-order chi connectivity index (χ1) is 14.0. The Morgan fingerprint density at radius 3 is 2.72 bits per heavy atom. The number of rotatable bonds is 7. The maximum atomic E-state index is 11.7. The lowest BCUT2D eigenvalue weighted by Crippen LogP contribution is -2.14. The van der Waals surface area contributed by atoms with Crippen LogP contribution in [0.5, 0.6) is 11.8 Å². The highest BCUT2D eigenvalue weighted by molar-refractivity contribution is 5.59. The molecule has 0 amide bonds. The molecular weight excluding hydrogens is 364 g/mol. The zero-order valence-electron chi connectivity index (χ0n) is 17.0. The molecule has 0 aliphatic rings. The molecule has 29 heavy (non-hydrogen) atoms. The Bertz CT molecular complexity index is 1110. The van der Waals surface area contributed by atoms with Crippen LogP contribution in [0.4, 0.5) is 0 Å². The van der Waals surface area contributed by atoms with Crippen molar-refractivity contribution >= 4 is 0 Å². The van der Waals surface area contributed by atoms with E-state index >= 15 is 0 Å². The quantitative estimate of drug-likeness (QED) is 0.555. The molecule has 0 radical (unpaired) electrons. The average Bonchev–Trinajstić information content (AvgIpc) is 2.71. The highest BCUT2D eigenvalue weighted by atomic mass is 16.5. The topological polar surface area (TPSA) is 80.8 Å². The standard InChI is InChI=1S/C23H24N4O2/c1-4-5-6-10-19-13-20(18-11-12-21(28)27(3)15-18)26-23(25-19)29-22-16(2)8-7-9-17(22)14-24/h7-9,11-13,15H,4-6,10H2,1-3H3. The number of aryl methyl sites for hydroxylation is 3. The minimum Gasteiger partial charge on any atom is -0.423 e. The molecule has 148 valence electrons. The van der Waals surface area contributed by atoms with Crippen molar-refractivity contribution in [3.8, 4) is 29.1 Å². The van der Waals surface area contributed by atoms with Gasteiger partial charge in [0.1, 0.15) is 6.07 Å². The number of nitriles is 1. The number of ether oxygens (including phenoxy) is 1. The van der Waals surface area contributed by atoms with Crippen molar-refractivity contribution in [2.24, 2.45) is 7.05 Å². The first-order valence-electron chi connectivity index (χ1n) is 9.74. The summed E-state index contributed by atoms with van der Waals surface area (Å²) < 4.78 is 7.50. The van der Waals surface area contributed by atoms with E-state index in [0.29, 0.717) is 17.0 Å². The number of hydrogen-bond acceptors (Lipinski definition) is 5. The third kappa shape index (κ3) is 4.88. The molecular formula is C23H24N4O2. The van der Waals surface area contributed by atoms with Gasteiger partial charge in [0.15, 0.2) is 5.75 Å². The zero-order valence-corrected chi connectivity index (χ0v) is 17.0. The van der Waals surface area contributed by atoms with Crippen LogP contribution in [-0.4, -0.2) is 14.5 Å². The Morgan fingerprint density at radius 2 is 2.00 bits per heavy atom. The zero-order chi connectivity index (χ0) is 20.8. The van der Waals surface area contributed by atoms with Gasteiger partial charge in [-0.2, -0.15) is 15.2 Å². The van der Waals surface area contributed by atoms with Crippen molar-refractivity contribution in [2.45, 2.75) is 39.5 Å². The minimum absolute atomic E-state index is 0.0824. The SMILES string of the molecule is CCCCCc1cc(-c2ccc(=O)n(C)c2)nc(Oc2c(C)cccc2C#N)n1. The molecule has 0 spiro atoms. The second kappa shape index (κ2) is 9.16. The van der Waals surface area contributed by atoms with E-state index in [1.54, 1.807) is 25.4 Å². The van der Waals surface area contributed by atoms with Gasteiger partial charge >= 0.3 is 6.01 Å². The van der Waals surface area contributed by atoms with Gasteiger partial charge in [0.25, 0.3) is 0 Å². The number of benzene rings is 1. The fourth-order valence-corrected chi connectivity index (χ4v) is 3.06. The normalized spacial score (nSPS) is 10.6. The van der Waals surface area contributed by atoms with E-state index in [0.717, 1.165) is 42.5 Å². The van der Waals surface area contributed by atoms with Crippen molar-refractivity contribution in [2.75, 3.05) is 0 Å². The maximum absolute atomic E-state index is 11.7. The maximum Gasteiger partial charge on any atom is 0.322 e. The number of hydrogen-bond donors (Lipinski definition) is 0. The van der Waals surface area contributed by atoms with Crippen LogP contribution in [-0.2, 0) is 13.5 Å². The molecule has 2 aromatic heterocycles. The highest BCUT2D eigenvalue weighted by Crippen LogP contribution is 2.28. The molecule has 6 heteroatoms. The monoisotopic (exact) mass is 388 g/mol. The molecule has 0 aliphatic carbocycles. The van der Waals surface area contributed by atoms with Gasteiger partial charge in [-0.15, -0.1) is 0 Å². The lowest BCUT2D eigenvalue weighted by Gasteiger charge is -2.12. The smallest absolute Gasteiger partial charge is 0.322 e. The molecule has 0 atom stereocenters. The number of para-hydroxylation sites is 1. The Hall–Kier alpha value is -3.46. The predicted octanol–water partition coefficient (Wildman–Crippen LogP) is 4.55. The summed E-state index contributed by atoms with van der Waals surface area (Å²) in [7, 11) is 1.71. The first-order valence-corrected chi connectivity index (χ1v) is 9.74. The Morgan fingerprint density at radius 1 is 1.17 bits per heavy atom. The summed E-state index contributed by atoms with van der Waals surface area (Å²) in [6, 6.07) is 13.0. The fraction of sp³-hybridized carbons (Fsp3) is 0.304. The van der Waals surface area contributed by atoms with Crippen LogP contribution in [0.3, 0.4) is 0 Å². The van der Waals surface area contributed by atoms with Crippen molar-refractivity contribution in [3.05, 3.63) is 69.8 Å². The number of pyridine rings is 1. The second-order valence-corrected chi connectivity index (χ2v) is 7.02. The van der Waals surface area contributed by atoms with E-state index in [4.69, 9.17) is 4.74 Å². The van der Waals surface area contributed by atoms with Crippen LogP contribution >= 0.6 is 0 Å². The first kappa shape index (κ1) is 20.3. The molecule has 0 N–H and O–H groups in total. The summed E-state index contributed by atoms with van der Waals surface area (Å²) in [5.74, 6) is 0.465. The van der Waals surface area contributed by atoms with Crippen LogP contribution in [0.1, 0.15) is 43.0 Å². The van der Waals surface area contributed by atoms with Gasteiger partial charge in [0.05, 0.1) is 11.3 Å². The fourth-order valence-electron chi connectivity index (χ4n) is 3.06. The van der Waals surface area contributed by atoms with Gasteiger partial charge in [-0.25, -0.2) is 0 Å². The largest absolute Gasteiger partial charge is 0.423 e. The lowest BCUT2D eigenvalue weighted by molar-refractivity contribution is 0.435. The summed E-state index contributed by atoms with van der Waals surface area (Å²) in [4.78, 5) is 20.9.